The Hall–Kier alpha value is -1.31. The Labute approximate surface area is 84.6 Å². The molecule has 0 bridgehead atoms. The molecule has 0 aliphatic rings. The van der Waals surface area contributed by atoms with E-state index in [2.05, 4.69) is 6.92 Å². The van der Waals surface area contributed by atoms with E-state index in [1.165, 1.54) is 0 Å². The van der Waals surface area contributed by atoms with E-state index in [1.807, 2.05) is 12.1 Å². The fraction of sp³-hybridized carbons (Fsp3) is 0.417. The molecule has 0 fully saturated rings. The van der Waals surface area contributed by atoms with Crippen LogP contribution in [0.5, 0.6) is 5.75 Å². The number of hydrogen-bond donors (Lipinski definition) is 1. The van der Waals surface area contributed by atoms with Gasteiger partial charge in [-0.2, -0.15) is 0 Å². The van der Waals surface area contributed by atoms with Crippen molar-refractivity contribution in [2.75, 3.05) is 0 Å². The zero-order valence-electron chi connectivity index (χ0n) is 8.66. The number of Topliss-reactive ketones (excluding diaryl/α,β-unsaturated/α-hetero) is 1. The zero-order valence-corrected chi connectivity index (χ0v) is 8.66. The standard InChI is InChI=1S/C12H16O2/c1-9(6-7-10(2)13)11-4-3-5-12(14)8-11/h3-5,8-9,14H,6-7H2,1-2H3. The summed E-state index contributed by atoms with van der Waals surface area (Å²) in [6, 6.07) is 7.21. The van der Waals surface area contributed by atoms with Gasteiger partial charge in [-0.15, -0.1) is 0 Å². The normalized spacial score (nSPS) is 12.4. The van der Waals surface area contributed by atoms with Crippen LogP contribution >= 0.6 is 0 Å². The summed E-state index contributed by atoms with van der Waals surface area (Å²) < 4.78 is 0. The third-order valence-corrected chi connectivity index (χ3v) is 2.37. The van der Waals surface area contributed by atoms with Crippen molar-refractivity contribution in [1.29, 1.82) is 0 Å². The van der Waals surface area contributed by atoms with Crippen LogP contribution in [0.15, 0.2) is 24.3 Å². The zero-order chi connectivity index (χ0) is 10.6. The van der Waals surface area contributed by atoms with Gasteiger partial charge in [0.15, 0.2) is 0 Å². The highest BCUT2D eigenvalue weighted by Crippen LogP contribution is 2.23. The van der Waals surface area contributed by atoms with E-state index >= 15 is 0 Å². The number of aromatic hydroxyl groups is 1. The van der Waals surface area contributed by atoms with E-state index in [0.29, 0.717) is 12.3 Å². The lowest BCUT2D eigenvalue weighted by Gasteiger charge is -2.10. The Morgan fingerprint density at radius 1 is 1.50 bits per heavy atom. The number of carbonyl (C=O) groups excluding carboxylic acids is 1. The number of phenols is 1. The molecule has 1 aromatic carbocycles. The van der Waals surface area contributed by atoms with Crippen LogP contribution in [-0.4, -0.2) is 10.9 Å². The van der Waals surface area contributed by atoms with Crippen LogP contribution in [0, 0.1) is 0 Å². The first kappa shape index (κ1) is 10.8. The van der Waals surface area contributed by atoms with Gasteiger partial charge in [-0.25, -0.2) is 0 Å². The smallest absolute Gasteiger partial charge is 0.129 e. The van der Waals surface area contributed by atoms with Crippen LogP contribution in [-0.2, 0) is 4.79 Å². The SMILES string of the molecule is CC(=O)CCC(C)c1cccc(O)c1. The van der Waals surface area contributed by atoms with Crippen molar-refractivity contribution < 1.29 is 9.90 Å². The topological polar surface area (TPSA) is 37.3 Å². The van der Waals surface area contributed by atoms with Crippen LogP contribution in [0.3, 0.4) is 0 Å². The van der Waals surface area contributed by atoms with E-state index in [1.54, 1.807) is 19.1 Å². The van der Waals surface area contributed by atoms with Crippen LogP contribution in [0.4, 0.5) is 0 Å². The summed E-state index contributed by atoms with van der Waals surface area (Å²) in [6.07, 6.45) is 1.45. The first-order valence-corrected chi connectivity index (χ1v) is 4.88. The van der Waals surface area contributed by atoms with E-state index in [-0.39, 0.29) is 11.5 Å². The monoisotopic (exact) mass is 192 g/mol. The van der Waals surface area contributed by atoms with Gasteiger partial charge in [0.2, 0.25) is 0 Å². The molecule has 1 aromatic rings. The van der Waals surface area contributed by atoms with Gasteiger partial charge in [-0.3, -0.25) is 0 Å². The molecule has 76 valence electrons. The second kappa shape index (κ2) is 4.80. The quantitative estimate of drug-likeness (QED) is 0.796. The summed E-state index contributed by atoms with van der Waals surface area (Å²) >= 11 is 0. The highest BCUT2D eigenvalue weighted by atomic mass is 16.3. The molecule has 0 radical (unpaired) electrons. The number of phenolic OH excluding ortho intramolecular Hbond substituents is 1. The summed E-state index contributed by atoms with van der Waals surface area (Å²) in [5.41, 5.74) is 1.09. The van der Waals surface area contributed by atoms with Crippen LogP contribution in [0.1, 0.15) is 38.2 Å². The van der Waals surface area contributed by atoms with Crippen LogP contribution < -0.4 is 0 Å². The maximum atomic E-state index is 10.8. The van der Waals surface area contributed by atoms with Gasteiger partial charge in [0.1, 0.15) is 11.5 Å². The first-order valence-electron chi connectivity index (χ1n) is 4.88. The van der Waals surface area contributed by atoms with Gasteiger partial charge in [0, 0.05) is 6.42 Å². The van der Waals surface area contributed by atoms with Gasteiger partial charge >= 0.3 is 0 Å². The summed E-state index contributed by atoms with van der Waals surface area (Å²) in [5.74, 6) is 0.833. The predicted octanol–water partition coefficient (Wildman–Crippen LogP) is 2.86. The van der Waals surface area contributed by atoms with Crippen molar-refractivity contribution in [2.24, 2.45) is 0 Å². The molecule has 1 N–H and O–H groups in total. The third-order valence-electron chi connectivity index (χ3n) is 2.37. The van der Waals surface area contributed by atoms with E-state index in [9.17, 15) is 9.90 Å². The summed E-state index contributed by atoms with van der Waals surface area (Å²) in [5, 5.41) is 9.27. The highest BCUT2D eigenvalue weighted by molar-refractivity contribution is 5.75. The highest BCUT2D eigenvalue weighted by Gasteiger charge is 2.06. The molecule has 0 heterocycles. The maximum absolute atomic E-state index is 10.8. The van der Waals surface area contributed by atoms with Gasteiger partial charge < -0.3 is 9.90 Å². The van der Waals surface area contributed by atoms with Crippen molar-refractivity contribution in [3.8, 4) is 5.75 Å². The first-order chi connectivity index (χ1) is 6.59. The van der Waals surface area contributed by atoms with Gasteiger partial charge in [0.05, 0.1) is 0 Å². The minimum atomic E-state index is 0.219. The molecule has 0 aromatic heterocycles. The fourth-order valence-electron chi connectivity index (χ4n) is 1.42. The van der Waals surface area contributed by atoms with E-state index in [0.717, 1.165) is 12.0 Å². The Balaban J connectivity index is 2.60. The molecule has 0 saturated carbocycles. The third kappa shape index (κ3) is 3.21. The molecular formula is C12H16O2. The second-order valence-electron chi connectivity index (χ2n) is 3.74. The second-order valence-corrected chi connectivity index (χ2v) is 3.74. The lowest BCUT2D eigenvalue weighted by molar-refractivity contribution is -0.117. The van der Waals surface area contributed by atoms with Crippen molar-refractivity contribution in [3.05, 3.63) is 29.8 Å². The molecule has 1 unspecified atom stereocenters. The van der Waals surface area contributed by atoms with Crippen molar-refractivity contribution in [3.63, 3.8) is 0 Å². The Morgan fingerprint density at radius 3 is 2.79 bits per heavy atom. The fourth-order valence-corrected chi connectivity index (χ4v) is 1.42. The number of rotatable bonds is 4. The lowest BCUT2D eigenvalue weighted by Crippen LogP contribution is -1.97. The molecule has 1 rings (SSSR count). The molecule has 0 amide bonds. The van der Waals surface area contributed by atoms with Gasteiger partial charge in [0.25, 0.3) is 0 Å². The van der Waals surface area contributed by atoms with Crippen LogP contribution in [0.2, 0.25) is 0 Å². The van der Waals surface area contributed by atoms with E-state index in [4.69, 9.17) is 0 Å². The van der Waals surface area contributed by atoms with Crippen LogP contribution in [0.25, 0.3) is 0 Å². The summed E-state index contributed by atoms with van der Waals surface area (Å²) in [6.45, 7) is 3.67. The minimum absolute atomic E-state index is 0.219. The molecule has 2 heteroatoms. The average molecular weight is 192 g/mol. The average Bonchev–Trinajstić information content (AvgIpc) is 2.14. The molecule has 0 spiro atoms. The van der Waals surface area contributed by atoms with Gasteiger partial charge in [-0.1, -0.05) is 19.1 Å². The Kier molecular flexibility index (Phi) is 3.69. The maximum Gasteiger partial charge on any atom is 0.129 e. The number of benzene rings is 1. The molecule has 14 heavy (non-hydrogen) atoms. The Bertz CT molecular complexity index is 318. The molecule has 0 saturated heterocycles. The molecular weight excluding hydrogens is 176 g/mol. The number of ketones is 1. The number of hydrogen-bond acceptors (Lipinski definition) is 2. The van der Waals surface area contributed by atoms with Crippen molar-refractivity contribution in [1.82, 2.24) is 0 Å². The molecule has 0 aliphatic carbocycles. The Morgan fingerprint density at radius 2 is 2.21 bits per heavy atom. The minimum Gasteiger partial charge on any atom is -0.508 e. The van der Waals surface area contributed by atoms with Crippen molar-refractivity contribution >= 4 is 5.78 Å². The predicted molar refractivity (Wildman–Crippen MR) is 56.4 cm³/mol. The molecule has 2 nitrogen and oxygen atoms in total. The molecule has 1 atom stereocenters. The summed E-state index contributed by atoms with van der Waals surface area (Å²) in [4.78, 5) is 10.8. The lowest BCUT2D eigenvalue weighted by atomic mass is 9.95. The number of carbonyl (C=O) groups is 1. The summed E-state index contributed by atoms with van der Waals surface area (Å²) in [7, 11) is 0. The van der Waals surface area contributed by atoms with E-state index < -0.39 is 0 Å². The van der Waals surface area contributed by atoms with Gasteiger partial charge in [-0.05, 0) is 37.0 Å². The van der Waals surface area contributed by atoms with Crippen molar-refractivity contribution in [2.45, 2.75) is 32.6 Å². The molecule has 0 aliphatic heterocycles. The largest absolute Gasteiger partial charge is 0.508 e.